The number of anilines is 1. The van der Waals surface area contributed by atoms with Gasteiger partial charge in [0.1, 0.15) is 12.4 Å². The van der Waals surface area contributed by atoms with Gasteiger partial charge in [0.25, 0.3) is 0 Å². The molecule has 0 aliphatic rings. The number of nitrogens with zero attached hydrogens (tertiary/aromatic N) is 1. The minimum absolute atomic E-state index is 0.0417. The fourth-order valence-corrected chi connectivity index (χ4v) is 1.15. The van der Waals surface area contributed by atoms with E-state index in [9.17, 15) is 4.79 Å². The van der Waals surface area contributed by atoms with Gasteiger partial charge in [-0.1, -0.05) is 31.1 Å². The molecule has 1 rings (SSSR count). The molecule has 1 aromatic carbocycles. The van der Waals surface area contributed by atoms with Crippen LogP contribution in [0.5, 0.6) is 5.75 Å². The Kier molecular flexibility index (Phi) is 4.98. The van der Waals surface area contributed by atoms with E-state index in [4.69, 9.17) is 15.7 Å². The lowest BCUT2D eigenvalue weighted by molar-refractivity contribution is -0.118. The van der Waals surface area contributed by atoms with Crippen molar-refractivity contribution in [3.8, 4) is 5.75 Å². The molecule has 0 aromatic heterocycles. The summed E-state index contributed by atoms with van der Waals surface area (Å²) < 4.78 is 5.34. The molecule has 0 aliphatic heterocycles. The molecule has 6 nitrogen and oxygen atoms in total. The maximum Gasteiger partial charge on any atom is 0.227 e. The number of para-hydroxylation sites is 2. The molecule has 1 aromatic rings. The van der Waals surface area contributed by atoms with Crippen molar-refractivity contribution in [1.82, 2.24) is 0 Å². The van der Waals surface area contributed by atoms with E-state index in [2.05, 4.69) is 10.5 Å². The third-order valence-corrected chi connectivity index (χ3v) is 2.17. The molecule has 0 spiro atoms. The van der Waals surface area contributed by atoms with Crippen LogP contribution in [-0.2, 0) is 4.79 Å². The number of hydrogen-bond donors (Lipinski definition) is 3. The van der Waals surface area contributed by atoms with Gasteiger partial charge in [0.2, 0.25) is 5.91 Å². The van der Waals surface area contributed by atoms with E-state index in [1.54, 1.807) is 38.1 Å². The Hall–Kier alpha value is -2.24. The summed E-state index contributed by atoms with van der Waals surface area (Å²) in [5.74, 6) is 0.204. The number of carbonyl (C=O) groups is 1. The zero-order valence-corrected chi connectivity index (χ0v) is 10.4. The molecular formula is C12H17N3O3. The summed E-state index contributed by atoms with van der Waals surface area (Å²) in [5.41, 5.74) is 5.87. The highest BCUT2D eigenvalue weighted by molar-refractivity contribution is 5.93. The second-order valence-corrected chi connectivity index (χ2v) is 4.02. The second kappa shape index (κ2) is 6.48. The normalized spacial score (nSPS) is 11.4. The molecule has 4 N–H and O–H groups in total. The third kappa shape index (κ3) is 3.97. The van der Waals surface area contributed by atoms with E-state index in [-0.39, 0.29) is 24.3 Å². The molecule has 6 heteroatoms. The Balaban J connectivity index is 2.76. The van der Waals surface area contributed by atoms with E-state index in [0.717, 1.165) is 0 Å². The highest BCUT2D eigenvalue weighted by Gasteiger charge is 2.10. The van der Waals surface area contributed by atoms with Gasteiger partial charge in [-0.3, -0.25) is 4.79 Å². The van der Waals surface area contributed by atoms with Crippen molar-refractivity contribution in [3.63, 3.8) is 0 Å². The molecule has 98 valence electrons. The second-order valence-electron chi connectivity index (χ2n) is 4.02. The highest BCUT2D eigenvalue weighted by Crippen LogP contribution is 2.24. The van der Waals surface area contributed by atoms with Crippen LogP contribution in [0.2, 0.25) is 0 Å². The number of nitrogens with one attached hydrogen (secondary N) is 1. The molecule has 1 amide bonds. The number of oxime groups is 1. The van der Waals surface area contributed by atoms with Gasteiger partial charge in [-0.2, -0.15) is 0 Å². The maximum atomic E-state index is 11.6. The lowest BCUT2D eigenvalue weighted by atomic mass is 10.2. The van der Waals surface area contributed by atoms with Crippen molar-refractivity contribution in [3.05, 3.63) is 24.3 Å². The summed E-state index contributed by atoms with van der Waals surface area (Å²) in [6.45, 7) is 3.55. The Morgan fingerprint density at radius 3 is 2.78 bits per heavy atom. The molecular weight excluding hydrogens is 234 g/mol. The summed E-state index contributed by atoms with van der Waals surface area (Å²) in [5, 5.41) is 14.0. The van der Waals surface area contributed by atoms with Gasteiger partial charge in [0, 0.05) is 5.92 Å². The topological polar surface area (TPSA) is 96.9 Å². The van der Waals surface area contributed by atoms with E-state index < -0.39 is 0 Å². The number of amides is 1. The molecule has 18 heavy (non-hydrogen) atoms. The molecule has 0 unspecified atom stereocenters. The minimum Gasteiger partial charge on any atom is -0.483 e. The number of amidine groups is 1. The van der Waals surface area contributed by atoms with Gasteiger partial charge in [-0.05, 0) is 12.1 Å². The highest BCUT2D eigenvalue weighted by atomic mass is 16.5. The van der Waals surface area contributed by atoms with Crippen LogP contribution in [0, 0.1) is 5.92 Å². The Morgan fingerprint density at radius 2 is 2.17 bits per heavy atom. The predicted octanol–water partition coefficient (Wildman–Crippen LogP) is 1.41. The van der Waals surface area contributed by atoms with Gasteiger partial charge in [0.05, 0.1) is 5.69 Å². The van der Waals surface area contributed by atoms with Crippen molar-refractivity contribution >= 4 is 17.4 Å². The Labute approximate surface area is 105 Å². The monoisotopic (exact) mass is 251 g/mol. The first kappa shape index (κ1) is 13.8. The molecule has 0 atom stereocenters. The lowest BCUT2D eigenvalue weighted by Gasteiger charge is -2.13. The van der Waals surface area contributed by atoms with Crippen molar-refractivity contribution < 1.29 is 14.7 Å². The number of ether oxygens (including phenoxy) is 1. The first-order valence-corrected chi connectivity index (χ1v) is 5.53. The van der Waals surface area contributed by atoms with Gasteiger partial charge < -0.3 is 21.0 Å². The Morgan fingerprint density at radius 1 is 1.50 bits per heavy atom. The molecule has 0 radical (unpaired) electrons. The van der Waals surface area contributed by atoms with Gasteiger partial charge in [0.15, 0.2) is 5.84 Å². The molecule has 0 aliphatic carbocycles. The predicted molar refractivity (Wildman–Crippen MR) is 68.8 cm³/mol. The average molecular weight is 251 g/mol. The van der Waals surface area contributed by atoms with Crippen molar-refractivity contribution in [2.24, 2.45) is 16.8 Å². The fraction of sp³-hybridized carbons (Fsp3) is 0.333. The SMILES string of the molecule is CC(C)C(=O)Nc1ccccc1OCC(N)=NO. The lowest BCUT2D eigenvalue weighted by Crippen LogP contribution is -2.22. The first-order chi connectivity index (χ1) is 8.54. The Bertz CT molecular complexity index is 444. The van der Waals surface area contributed by atoms with Crippen LogP contribution < -0.4 is 15.8 Å². The number of benzene rings is 1. The van der Waals surface area contributed by atoms with E-state index in [0.29, 0.717) is 11.4 Å². The third-order valence-electron chi connectivity index (χ3n) is 2.17. The van der Waals surface area contributed by atoms with E-state index in [1.807, 2.05) is 0 Å². The van der Waals surface area contributed by atoms with Crippen molar-refractivity contribution in [2.45, 2.75) is 13.8 Å². The molecule has 0 saturated heterocycles. The zero-order valence-electron chi connectivity index (χ0n) is 10.4. The smallest absolute Gasteiger partial charge is 0.227 e. The molecule has 0 bridgehead atoms. The van der Waals surface area contributed by atoms with Gasteiger partial charge in [-0.25, -0.2) is 0 Å². The van der Waals surface area contributed by atoms with Crippen LogP contribution in [-0.4, -0.2) is 23.6 Å². The van der Waals surface area contributed by atoms with Gasteiger partial charge >= 0.3 is 0 Å². The first-order valence-electron chi connectivity index (χ1n) is 5.53. The van der Waals surface area contributed by atoms with Crippen molar-refractivity contribution in [1.29, 1.82) is 0 Å². The maximum absolute atomic E-state index is 11.6. The van der Waals surface area contributed by atoms with Gasteiger partial charge in [-0.15, -0.1) is 0 Å². The number of nitrogens with two attached hydrogens (primary N) is 1. The number of carbonyl (C=O) groups excluding carboxylic acids is 1. The van der Waals surface area contributed by atoms with E-state index >= 15 is 0 Å². The van der Waals surface area contributed by atoms with Crippen LogP contribution in [0.15, 0.2) is 29.4 Å². The number of hydrogen-bond acceptors (Lipinski definition) is 4. The van der Waals surface area contributed by atoms with Crippen molar-refractivity contribution in [2.75, 3.05) is 11.9 Å². The summed E-state index contributed by atoms with van der Waals surface area (Å²) in [6, 6.07) is 6.97. The molecule has 0 fully saturated rings. The van der Waals surface area contributed by atoms with Crippen LogP contribution in [0.4, 0.5) is 5.69 Å². The zero-order chi connectivity index (χ0) is 13.5. The van der Waals surface area contributed by atoms with Crippen LogP contribution in [0.1, 0.15) is 13.8 Å². The summed E-state index contributed by atoms with van der Waals surface area (Å²) >= 11 is 0. The fourth-order valence-electron chi connectivity index (χ4n) is 1.15. The summed E-state index contributed by atoms with van der Waals surface area (Å²) in [7, 11) is 0. The average Bonchev–Trinajstić information content (AvgIpc) is 2.37. The minimum atomic E-state index is -0.123. The van der Waals surface area contributed by atoms with Crippen LogP contribution in [0.25, 0.3) is 0 Å². The largest absolute Gasteiger partial charge is 0.483 e. The standard InChI is InChI=1S/C12H17N3O3/c1-8(2)12(16)14-9-5-3-4-6-10(9)18-7-11(13)15-17/h3-6,8,17H,7H2,1-2H3,(H2,13,15)(H,14,16). The molecule has 0 heterocycles. The number of rotatable bonds is 5. The summed E-state index contributed by atoms with van der Waals surface area (Å²) in [4.78, 5) is 11.6. The van der Waals surface area contributed by atoms with Crippen LogP contribution >= 0.6 is 0 Å². The molecule has 0 saturated carbocycles. The van der Waals surface area contributed by atoms with Crippen LogP contribution in [0.3, 0.4) is 0 Å². The quantitative estimate of drug-likeness (QED) is 0.319. The summed E-state index contributed by atoms with van der Waals surface area (Å²) in [6.07, 6.45) is 0. The van der Waals surface area contributed by atoms with E-state index in [1.165, 1.54) is 0 Å².